The zero-order chi connectivity index (χ0) is 16.9. The Hall–Kier alpha value is -1.69. The molecule has 3 heterocycles. The van der Waals surface area contributed by atoms with E-state index in [0.717, 1.165) is 17.2 Å². The van der Waals surface area contributed by atoms with Crippen LogP contribution >= 0.6 is 11.3 Å². The number of aromatic nitrogens is 3. The van der Waals surface area contributed by atoms with Crippen molar-refractivity contribution in [3.63, 3.8) is 0 Å². The lowest BCUT2D eigenvalue weighted by atomic mass is 9.64. The molecule has 6 heteroatoms. The highest BCUT2D eigenvalue weighted by molar-refractivity contribution is 7.12. The third-order valence-electron chi connectivity index (χ3n) is 6.59. The van der Waals surface area contributed by atoms with Gasteiger partial charge in [-0.1, -0.05) is 38.2 Å². The Kier molecular flexibility index (Phi) is 3.69. The van der Waals surface area contributed by atoms with Gasteiger partial charge in [0, 0.05) is 12.0 Å². The maximum absolute atomic E-state index is 13.3. The Morgan fingerprint density at radius 1 is 1.16 bits per heavy atom. The molecule has 2 aromatic heterocycles. The summed E-state index contributed by atoms with van der Waals surface area (Å²) in [5.74, 6) is 1.40. The van der Waals surface area contributed by atoms with Crippen LogP contribution in [0.2, 0.25) is 0 Å². The molecule has 5 rings (SSSR count). The summed E-state index contributed by atoms with van der Waals surface area (Å²) in [4.78, 5) is 20.7. The van der Waals surface area contributed by atoms with E-state index in [1.807, 2.05) is 22.4 Å². The molecule has 0 radical (unpaired) electrons. The zero-order valence-corrected chi connectivity index (χ0v) is 15.2. The van der Waals surface area contributed by atoms with Gasteiger partial charge in [0.25, 0.3) is 5.91 Å². The number of carbonyl (C=O) groups excluding carboxylic acids is 1. The Bertz CT molecular complexity index is 762. The van der Waals surface area contributed by atoms with E-state index in [9.17, 15) is 4.79 Å². The number of carbonyl (C=O) groups is 1. The lowest BCUT2D eigenvalue weighted by Gasteiger charge is -2.55. The number of rotatable bonds is 1. The van der Waals surface area contributed by atoms with Crippen LogP contribution in [0.4, 0.5) is 5.95 Å². The molecule has 2 unspecified atom stereocenters. The maximum atomic E-state index is 13.3. The van der Waals surface area contributed by atoms with Crippen LogP contribution in [0.5, 0.6) is 0 Å². The number of hydrogen-bond donors (Lipinski definition) is 0. The molecule has 1 amide bonds. The molecule has 5 nitrogen and oxygen atoms in total. The number of anilines is 1. The van der Waals surface area contributed by atoms with Gasteiger partial charge in [-0.05, 0) is 37.1 Å². The predicted octanol–water partition coefficient (Wildman–Crippen LogP) is 4.22. The van der Waals surface area contributed by atoms with Crippen LogP contribution in [-0.2, 0) is 5.54 Å². The van der Waals surface area contributed by atoms with Crippen LogP contribution in [0.1, 0.15) is 67.5 Å². The summed E-state index contributed by atoms with van der Waals surface area (Å²) in [5.41, 5.74) is 0.0847. The van der Waals surface area contributed by atoms with E-state index in [1.165, 1.54) is 62.7 Å². The minimum atomic E-state index is 0.0847. The molecule has 0 bridgehead atoms. The average Bonchev–Trinajstić information content (AvgIpc) is 3.35. The fourth-order valence-electron chi connectivity index (χ4n) is 5.57. The first kappa shape index (κ1) is 15.6. The monoisotopic (exact) mass is 356 g/mol. The molecule has 3 aliphatic rings. The molecule has 2 fully saturated rings. The van der Waals surface area contributed by atoms with E-state index >= 15 is 0 Å². The molecule has 132 valence electrons. The van der Waals surface area contributed by atoms with Gasteiger partial charge in [-0.2, -0.15) is 10.1 Å². The molecule has 2 aromatic rings. The Balaban J connectivity index is 1.65. The molecule has 1 aliphatic heterocycles. The van der Waals surface area contributed by atoms with Gasteiger partial charge in [0.15, 0.2) is 0 Å². The second kappa shape index (κ2) is 5.94. The van der Waals surface area contributed by atoms with Gasteiger partial charge in [-0.3, -0.25) is 9.69 Å². The molecule has 0 aromatic carbocycles. The molecule has 0 N–H and O–H groups in total. The summed E-state index contributed by atoms with van der Waals surface area (Å²) >= 11 is 1.52. The lowest BCUT2D eigenvalue weighted by Crippen LogP contribution is -2.61. The van der Waals surface area contributed by atoms with E-state index < -0.39 is 0 Å². The highest BCUT2D eigenvalue weighted by Crippen LogP contribution is 2.52. The van der Waals surface area contributed by atoms with Crippen LogP contribution in [0, 0.1) is 5.92 Å². The summed E-state index contributed by atoms with van der Waals surface area (Å²) in [5, 5.41) is 6.63. The summed E-state index contributed by atoms with van der Waals surface area (Å²) in [6.07, 6.45) is 12.7. The number of fused-ring (bicyclic) bond motifs is 4. The standard InChI is InChI=1S/C19H24N4OS/c24-17(16-9-6-12-25-16)22-15-8-3-2-7-14(15)19(10-4-1-5-11-19)23-18(22)20-13-21-23/h6,9,12-15H,1-5,7-8,10-11H2. The summed E-state index contributed by atoms with van der Waals surface area (Å²) in [6.45, 7) is 0. The minimum absolute atomic E-state index is 0.0847. The molecule has 0 saturated heterocycles. The van der Waals surface area contributed by atoms with Crippen molar-refractivity contribution in [3.05, 3.63) is 28.7 Å². The van der Waals surface area contributed by atoms with Gasteiger partial charge in [0.05, 0.1) is 10.4 Å². The SMILES string of the molecule is O=C(c1cccs1)N1c2ncnn2C2(CCCCC2)C2CCCCC21. The number of amides is 1. The molecular weight excluding hydrogens is 332 g/mol. The van der Waals surface area contributed by atoms with Crippen molar-refractivity contribution in [2.45, 2.75) is 69.4 Å². The van der Waals surface area contributed by atoms with E-state index in [4.69, 9.17) is 0 Å². The fraction of sp³-hybridized carbons (Fsp3) is 0.632. The summed E-state index contributed by atoms with van der Waals surface area (Å²) in [6, 6.07) is 4.16. The van der Waals surface area contributed by atoms with Gasteiger partial charge in [-0.15, -0.1) is 11.3 Å². The minimum Gasteiger partial charge on any atom is -0.273 e. The molecule has 25 heavy (non-hydrogen) atoms. The predicted molar refractivity (Wildman–Crippen MR) is 98.0 cm³/mol. The van der Waals surface area contributed by atoms with E-state index in [-0.39, 0.29) is 17.5 Å². The number of nitrogens with zero attached hydrogens (tertiary/aromatic N) is 4. The van der Waals surface area contributed by atoms with Crippen LogP contribution in [0.15, 0.2) is 23.8 Å². The third-order valence-corrected chi connectivity index (χ3v) is 7.45. The second-order valence-electron chi connectivity index (χ2n) is 7.75. The van der Waals surface area contributed by atoms with Gasteiger partial charge in [0.2, 0.25) is 5.95 Å². The van der Waals surface area contributed by atoms with Crippen molar-refractivity contribution in [2.24, 2.45) is 5.92 Å². The van der Waals surface area contributed by atoms with Gasteiger partial charge >= 0.3 is 0 Å². The van der Waals surface area contributed by atoms with Crippen molar-refractivity contribution in [2.75, 3.05) is 4.90 Å². The molecule has 2 atom stereocenters. The van der Waals surface area contributed by atoms with E-state index in [1.54, 1.807) is 6.33 Å². The van der Waals surface area contributed by atoms with Gasteiger partial charge in [-0.25, -0.2) is 4.68 Å². The fourth-order valence-corrected chi connectivity index (χ4v) is 6.23. The quantitative estimate of drug-likeness (QED) is 0.769. The van der Waals surface area contributed by atoms with Crippen LogP contribution in [0.25, 0.3) is 0 Å². The summed E-state index contributed by atoms with van der Waals surface area (Å²) < 4.78 is 2.14. The van der Waals surface area contributed by atoms with Crippen LogP contribution in [0.3, 0.4) is 0 Å². The lowest BCUT2D eigenvalue weighted by molar-refractivity contribution is 0.0313. The normalized spacial score (nSPS) is 27.8. The van der Waals surface area contributed by atoms with E-state index in [0.29, 0.717) is 5.92 Å². The van der Waals surface area contributed by atoms with Crippen LogP contribution in [-0.4, -0.2) is 26.7 Å². The van der Waals surface area contributed by atoms with Crippen LogP contribution < -0.4 is 4.90 Å². The smallest absolute Gasteiger partial charge is 0.270 e. The highest BCUT2D eigenvalue weighted by atomic mass is 32.1. The zero-order valence-electron chi connectivity index (χ0n) is 14.4. The average molecular weight is 356 g/mol. The Labute approximate surface area is 152 Å². The first-order valence-electron chi connectivity index (χ1n) is 9.59. The van der Waals surface area contributed by atoms with Crippen molar-refractivity contribution in [1.29, 1.82) is 0 Å². The Morgan fingerprint density at radius 2 is 2.00 bits per heavy atom. The van der Waals surface area contributed by atoms with Crippen molar-refractivity contribution < 1.29 is 4.79 Å². The van der Waals surface area contributed by atoms with Crippen molar-refractivity contribution >= 4 is 23.2 Å². The third kappa shape index (κ3) is 2.23. The van der Waals surface area contributed by atoms with Crippen molar-refractivity contribution in [3.8, 4) is 0 Å². The first-order chi connectivity index (χ1) is 12.3. The van der Waals surface area contributed by atoms with Gasteiger partial charge in [0.1, 0.15) is 6.33 Å². The molecular formula is C19H24N4OS. The summed E-state index contributed by atoms with van der Waals surface area (Å²) in [7, 11) is 0. The van der Waals surface area contributed by atoms with Crippen molar-refractivity contribution in [1.82, 2.24) is 14.8 Å². The number of hydrogen-bond acceptors (Lipinski definition) is 4. The highest BCUT2D eigenvalue weighted by Gasteiger charge is 2.54. The second-order valence-corrected chi connectivity index (χ2v) is 8.69. The Morgan fingerprint density at radius 3 is 2.80 bits per heavy atom. The molecule has 2 aliphatic carbocycles. The maximum Gasteiger partial charge on any atom is 0.270 e. The van der Waals surface area contributed by atoms with E-state index in [2.05, 4.69) is 14.8 Å². The first-order valence-corrected chi connectivity index (χ1v) is 10.5. The molecule has 1 spiro atoms. The molecule has 2 saturated carbocycles. The number of thiophene rings is 1. The van der Waals surface area contributed by atoms with Gasteiger partial charge < -0.3 is 0 Å². The largest absolute Gasteiger partial charge is 0.273 e. The topological polar surface area (TPSA) is 51.0 Å².